The second-order valence-electron chi connectivity index (χ2n) is 8.34. The molecular weight excluding hydrogens is 612 g/mol. The van der Waals surface area contributed by atoms with Crippen LogP contribution in [0.5, 0.6) is 0 Å². The molecule has 9 nitrogen and oxygen atoms in total. The first-order valence-electron chi connectivity index (χ1n) is 10.9. The van der Waals surface area contributed by atoms with Gasteiger partial charge in [-0.2, -0.15) is 8.42 Å². The van der Waals surface area contributed by atoms with Crippen molar-refractivity contribution < 1.29 is 55.5 Å². The zero-order chi connectivity index (χ0) is 27.2. The maximum atomic E-state index is 12.9. The van der Waals surface area contributed by atoms with Gasteiger partial charge >= 0.3 is 29.6 Å². The minimum atomic E-state index is -4.54. The van der Waals surface area contributed by atoms with Crippen molar-refractivity contribution in [3.05, 3.63) is 89.6 Å². The minimum absolute atomic E-state index is 0. The van der Waals surface area contributed by atoms with E-state index in [1.165, 1.54) is 28.0 Å². The van der Waals surface area contributed by atoms with Gasteiger partial charge in [0.25, 0.3) is 14.9 Å². The zero-order valence-electron chi connectivity index (χ0n) is 20.6. The Balaban J connectivity index is 0.00000353. The summed E-state index contributed by atoms with van der Waals surface area (Å²) in [5.41, 5.74) is 1.03. The van der Waals surface area contributed by atoms with Crippen LogP contribution in [-0.2, 0) is 33.0 Å². The molecule has 5 rings (SSSR count). The summed E-state index contributed by atoms with van der Waals surface area (Å²) in [4.78, 5) is 15.7. The Bertz CT molecular complexity index is 2010. The maximum absolute atomic E-state index is 12.9. The van der Waals surface area contributed by atoms with Gasteiger partial charge in [0.15, 0.2) is 5.88 Å². The van der Waals surface area contributed by atoms with Crippen molar-refractivity contribution in [3.63, 3.8) is 0 Å². The molecule has 4 aromatic rings. The van der Waals surface area contributed by atoms with E-state index in [-0.39, 0.29) is 34.3 Å². The molecule has 198 valence electrons. The Hall–Kier alpha value is -1.72. The van der Waals surface area contributed by atoms with Crippen LogP contribution in [0.1, 0.15) is 10.4 Å². The van der Waals surface area contributed by atoms with Gasteiger partial charge in [0, 0.05) is 21.5 Å². The molecule has 0 amide bonds. The van der Waals surface area contributed by atoms with Crippen LogP contribution in [0.2, 0.25) is 0 Å². The molecule has 0 aliphatic carbocycles. The summed E-state index contributed by atoms with van der Waals surface area (Å²) < 4.78 is 70.3. The van der Waals surface area contributed by atoms with Crippen LogP contribution in [0.3, 0.4) is 0 Å². The number of benzene rings is 2. The summed E-state index contributed by atoms with van der Waals surface area (Å²) in [7, 11) is -7.16. The quantitative estimate of drug-likeness (QED) is 0.223. The number of hydrogen-bond acceptors (Lipinski definition) is 10. The third-order valence-corrected chi connectivity index (χ3v) is 10.2. The fourth-order valence-corrected chi connectivity index (χ4v) is 8.73. The predicted octanol–water partition coefficient (Wildman–Crippen LogP) is -0.381. The predicted molar refractivity (Wildman–Crippen MR) is 151 cm³/mol. The largest absolute Gasteiger partial charge is 1.00 e. The molecule has 2 aromatic heterocycles. The molecule has 0 spiro atoms. The van der Waals surface area contributed by atoms with Crippen LogP contribution >= 0.6 is 34.4 Å². The molecule has 0 fully saturated rings. The van der Waals surface area contributed by atoms with Crippen LogP contribution in [0.15, 0.2) is 69.3 Å². The number of thiazole rings is 1. The zero-order valence-corrected chi connectivity index (χ0v) is 26.7. The van der Waals surface area contributed by atoms with Crippen molar-refractivity contribution in [1.29, 1.82) is 0 Å². The van der Waals surface area contributed by atoms with Crippen molar-refractivity contribution in [1.82, 2.24) is 4.57 Å². The standard InChI is InChI=1S/C24H20N2O7S5.Na/c1-25-18(10-11-22-26(14-38(31,32)33)17-7-3-5-9-20(17)35-22)24(27)36-23(25)12-21-16(13-37(28,29)30)15-6-2-4-8-19(15)34-21;/h2-12H,13-14H2,1H3,(H,28,29,30)(H,31,32,33);/q;+1/p-1/b18-10-,22-11-,23-12?;. The number of aromatic nitrogens is 1. The van der Waals surface area contributed by atoms with Gasteiger partial charge in [-0.1, -0.05) is 53.4 Å². The molecule has 0 unspecified atom stereocenters. The summed E-state index contributed by atoms with van der Waals surface area (Å²) in [5.74, 6) is -1.29. The molecule has 0 atom stereocenters. The Morgan fingerprint density at radius 3 is 2.41 bits per heavy atom. The molecule has 15 heteroatoms. The number of thioether (sulfide) groups is 1. The van der Waals surface area contributed by atoms with Crippen LogP contribution in [0.4, 0.5) is 5.69 Å². The van der Waals surface area contributed by atoms with E-state index in [0.717, 1.165) is 20.9 Å². The molecule has 0 saturated carbocycles. The number of fused-ring (bicyclic) bond motifs is 2. The average Bonchev–Trinajstić information content (AvgIpc) is 3.43. The van der Waals surface area contributed by atoms with Crippen LogP contribution in [0.25, 0.3) is 22.2 Å². The van der Waals surface area contributed by atoms with Crippen molar-refractivity contribution in [3.8, 4) is 0 Å². The first kappa shape index (κ1) is 30.2. The number of allylic oxidation sites excluding steroid dienone is 1. The normalized spacial score (nSPS) is 15.8. The molecule has 0 saturated heterocycles. The summed E-state index contributed by atoms with van der Waals surface area (Å²) in [6, 6.07) is 14.4. The van der Waals surface area contributed by atoms with E-state index in [1.54, 1.807) is 54.1 Å². The number of anilines is 1. The molecule has 3 heterocycles. The average molecular weight is 631 g/mol. The maximum Gasteiger partial charge on any atom is 1.00 e. The van der Waals surface area contributed by atoms with E-state index in [1.807, 2.05) is 24.3 Å². The molecular formula is C24H19N2NaO7S5. The third kappa shape index (κ3) is 6.78. The molecule has 2 aromatic carbocycles. The molecule has 39 heavy (non-hydrogen) atoms. The smallest absolute Gasteiger partial charge is 0.748 e. The van der Waals surface area contributed by atoms with E-state index >= 15 is 0 Å². The van der Waals surface area contributed by atoms with Gasteiger partial charge in [-0.25, -0.2) is 8.42 Å². The van der Waals surface area contributed by atoms with Gasteiger partial charge < -0.3 is 14.0 Å². The Kier molecular flexibility index (Phi) is 9.03. The second kappa shape index (κ2) is 11.6. The monoisotopic (exact) mass is 630 g/mol. The fraction of sp³-hybridized carbons (Fsp3) is 0.125. The van der Waals surface area contributed by atoms with E-state index in [9.17, 15) is 30.7 Å². The number of para-hydroxylation sites is 1. The van der Waals surface area contributed by atoms with Gasteiger partial charge in [-0.15, -0.1) is 11.3 Å². The van der Waals surface area contributed by atoms with Gasteiger partial charge in [0.2, 0.25) is 0 Å². The Labute approximate surface area is 258 Å². The number of thiophene rings is 1. The fourth-order valence-electron chi connectivity index (χ4n) is 4.07. The SMILES string of the molecule is Cn1c(=Cc2sc3ccccc3c2CS(=O)(=O)[O-])sc(=O)/c1=C/C=C1\Sc2ccccc2N1CS(=O)(=O)O.[Na+]. The summed E-state index contributed by atoms with van der Waals surface area (Å²) in [5, 5.41) is 1.53. The first-order valence-corrected chi connectivity index (χ1v) is 16.6. The van der Waals surface area contributed by atoms with Crippen LogP contribution < -0.4 is 49.2 Å². The first-order chi connectivity index (χ1) is 17.9. The molecule has 1 aliphatic heterocycles. The van der Waals surface area contributed by atoms with Crippen molar-refractivity contribution in [2.45, 2.75) is 10.6 Å². The second-order valence-corrected chi connectivity index (χ2v) is 14.3. The number of nitrogens with zero attached hydrogens (tertiary/aromatic N) is 2. The molecule has 1 aliphatic rings. The van der Waals surface area contributed by atoms with Gasteiger partial charge in [-0.3, -0.25) is 9.35 Å². The van der Waals surface area contributed by atoms with E-state index in [0.29, 0.717) is 36.6 Å². The van der Waals surface area contributed by atoms with E-state index in [2.05, 4.69) is 0 Å². The van der Waals surface area contributed by atoms with E-state index in [4.69, 9.17) is 0 Å². The van der Waals surface area contributed by atoms with Crippen molar-refractivity contribution >= 4 is 82.6 Å². The van der Waals surface area contributed by atoms with Gasteiger partial charge in [0.1, 0.15) is 10.0 Å². The van der Waals surface area contributed by atoms with Crippen molar-refractivity contribution in [2.75, 3.05) is 10.8 Å². The molecule has 0 bridgehead atoms. The topological polar surface area (TPSA) is 137 Å². The third-order valence-electron chi connectivity index (χ3n) is 5.72. The molecule has 0 radical (unpaired) electrons. The minimum Gasteiger partial charge on any atom is -0.748 e. The number of hydrogen-bond donors (Lipinski definition) is 1. The van der Waals surface area contributed by atoms with Gasteiger partial charge in [0.05, 0.1) is 26.6 Å². The van der Waals surface area contributed by atoms with Crippen LogP contribution in [0, 0.1) is 0 Å². The number of rotatable bonds is 6. The van der Waals surface area contributed by atoms with Crippen molar-refractivity contribution in [2.24, 2.45) is 7.05 Å². The summed E-state index contributed by atoms with van der Waals surface area (Å²) in [6.45, 7) is 0. The summed E-state index contributed by atoms with van der Waals surface area (Å²) in [6.07, 6.45) is 4.90. The van der Waals surface area contributed by atoms with E-state index < -0.39 is 31.9 Å². The summed E-state index contributed by atoms with van der Waals surface area (Å²) >= 11 is 3.62. The Morgan fingerprint density at radius 2 is 1.69 bits per heavy atom. The molecule has 1 N–H and O–H groups in total. The van der Waals surface area contributed by atoms with Crippen LogP contribution in [-0.4, -0.2) is 36.4 Å². The van der Waals surface area contributed by atoms with Gasteiger partial charge in [-0.05, 0) is 47.4 Å². The Morgan fingerprint density at radius 1 is 1.00 bits per heavy atom.